The molecule has 1 aliphatic carbocycles. The Labute approximate surface area is 181 Å². The van der Waals surface area contributed by atoms with Crippen molar-refractivity contribution in [2.45, 2.75) is 12.4 Å². The van der Waals surface area contributed by atoms with Gasteiger partial charge in [-0.3, -0.25) is 10.2 Å². The van der Waals surface area contributed by atoms with Gasteiger partial charge in [-0.05, 0) is 30.2 Å². The second-order valence-corrected chi connectivity index (χ2v) is 6.89. The molecule has 0 saturated carbocycles. The average molecular weight is 435 g/mol. The van der Waals surface area contributed by atoms with Crippen molar-refractivity contribution < 1.29 is 33.0 Å². The van der Waals surface area contributed by atoms with E-state index < -0.39 is 18.1 Å². The largest absolute Gasteiger partial charge is 0.460 e. The zero-order valence-corrected chi connectivity index (χ0v) is 17.4. The lowest BCUT2D eigenvalue weighted by atomic mass is 9.97. The first kappa shape index (κ1) is 23.5. The van der Waals surface area contributed by atoms with E-state index in [1.807, 2.05) is 6.07 Å². The molecule has 169 valence electrons. The topological polar surface area (TPSA) is 87.3 Å². The molecule has 3 rings (SSSR count). The van der Waals surface area contributed by atoms with E-state index in [1.165, 1.54) is 6.08 Å². The van der Waals surface area contributed by atoms with Crippen LogP contribution in [0.5, 0.6) is 0 Å². The van der Waals surface area contributed by atoms with Crippen molar-refractivity contribution in [3.05, 3.63) is 65.9 Å². The molecule has 1 aromatic rings. The summed E-state index contributed by atoms with van der Waals surface area (Å²) in [5.41, 5.74) is 4.03. The van der Waals surface area contributed by atoms with E-state index in [9.17, 15) is 9.18 Å². The molecule has 0 bridgehead atoms. The van der Waals surface area contributed by atoms with Crippen LogP contribution < -0.4 is 10.8 Å². The molecule has 2 aliphatic rings. The SMILES string of the molecule is COCCOCCOCCOC(=O)c1cccc(C2NOC(C3[CH]C=CC=C3F)N2)c1. The lowest BCUT2D eigenvalue weighted by molar-refractivity contribution is 0.000686. The molecule has 1 heterocycles. The quantitative estimate of drug-likeness (QED) is 0.382. The maximum atomic E-state index is 14.0. The molecule has 1 radical (unpaired) electrons. The highest BCUT2D eigenvalue weighted by Gasteiger charge is 2.34. The molecule has 3 atom stereocenters. The number of esters is 1. The Hall–Kier alpha value is -2.14. The standard InChI is InChI=1S/C22H28FN2O6/c1-27-9-10-28-11-12-29-13-14-30-22(26)17-6-4-5-16(15-17)20-24-21(31-25-20)18-7-2-3-8-19(18)23/h2-8,15,18,20-21,24-25H,9-14H2,1H3. The van der Waals surface area contributed by atoms with Gasteiger partial charge in [0, 0.05) is 7.11 Å². The van der Waals surface area contributed by atoms with Crippen LogP contribution in [0.15, 0.2) is 48.3 Å². The van der Waals surface area contributed by atoms with Gasteiger partial charge in [0.05, 0.1) is 44.5 Å². The minimum Gasteiger partial charge on any atom is -0.460 e. The van der Waals surface area contributed by atoms with Gasteiger partial charge in [-0.1, -0.05) is 24.3 Å². The molecule has 3 unspecified atom stereocenters. The number of hydrogen-bond acceptors (Lipinski definition) is 8. The van der Waals surface area contributed by atoms with E-state index >= 15 is 0 Å². The molecular weight excluding hydrogens is 407 g/mol. The minimum absolute atomic E-state index is 0.142. The van der Waals surface area contributed by atoms with Gasteiger partial charge in [0.25, 0.3) is 0 Å². The van der Waals surface area contributed by atoms with Gasteiger partial charge in [0.1, 0.15) is 24.8 Å². The number of methoxy groups -OCH3 is 1. The molecule has 0 amide bonds. The number of hydroxylamine groups is 1. The summed E-state index contributed by atoms with van der Waals surface area (Å²) in [4.78, 5) is 17.8. The van der Waals surface area contributed by atoms with Crippen LogP contribution in [-0.2, 0) is 23.8 Å². The Bertz CT molecular complexity index is 772. The van der Waals surface area contributed by atoms with Crippen LogP contribution in [0.3, 0.4) is 0 Å². The van der Waals surface area contributed by atoms with E-state index in [0.717, 1.165) is 5.56 Å². The van der Waals surface area contributed by atoms with Gasteiger partial charge in [-0.25, -0.2) is 9.18 Å². The highest BCUT2D eigenvalue weighted by Crippen LogP contribution is 2.29. The van der Waals surface area contributed by atoms with Crippen LogP contribution in [-0.4, -0.2) is 58.9 Å². The summed E-state index contributed by atoms with van der Waals surface area (Å²) in [6.45, 7) is 2.36. The third-order valence-corrected chi connectivity index (χ3v) is 4.69. The first-order chi connectivity index (χ1) is 15.2. The Morgan fingerprint density at radius 1 is 1.10 bits per heavy atom. The number of carbonyl (C=O) groups is 1. The normalized spacial score (nSPS) is 23.0. The Morgan fingerprint density at radius 2 is 1.87 bits per heavy atom. The van der Waals surface area contributed by atoms with Crippen LogP contribution in [0, 0.1) is 12.3 Å². The molecule has 1 saturated heterocycles. The van der Waals surface area contributed by atoms with Crippen molar-refractivity contribution in [2.24, 2.45) is 5.92 Å². The van der Waals surface area contributed by atoms with Crippen LogP contribution in [0.1, 0.15) is 22.1 Å². The molecule has 1 fully saturated rings. The number of hydrogen-bond donors (Lipinski definition) is 2. The molecule has 31 heavy (non-hydrogen) atoms. The molecule has 2 N–H and O–H groups in total. The average Bonchev–Trinajstić information content (AvgIpc) is 3.28. The van der Waals surface area contributed by atoms with Gasteiger partial charge in [-0.2, -0.15) is 5.48 Å². The summed E-state index contributed by atoms with van der Waals surface area (Å²) in [7, 11) is 1.61. The fourth-order valence-corrected chi connectivity index (χ4v) is 3.08. The van der Waals surface area contributed by atoms with Crippen molar-refractivity contribution in [3.63, 3.8) is 0 Å². The van der Waals surface area contributed by atoms with Crippen molar-refractivity contribution in [1.82, 2.24) is 10.8 Å². The number of nitrogens with one attached hydrogen (secondary N) is 2. The molecular formula is C22H28FN2O6. The zero-order chi connectivity index (χ0) is 21.9. The van der Waals surface area contributed by atoms with E-state index in [0.29, 0.717) is 32.0 Å². The highest BCUT2D eigenvalue weighted by molar-refractivity contribution is 5.89. The number of benzene rings is 1. The Morgan fingerprint density at radius 3 is 2.65 bits per heavy atom. The maximum Gasteiger partial charge on any atom is 0.338 e. The van der Waals surface area contributed by atoms with Gasteiger partial charge in [0.15, 0.2) is 0 Å². The van der Waals surface area contributed by atoms with E-state index in [-0.39, 0.29) is 25.2 Å². The van der Waals surface area contributed by atoms with Gasteiger partial charge in [-0.15, -0.1) is 0 Å². The Kier molecular flexibility index (Phi) is 9.60. The second-order valence-electron chi connectivity index (χ2n) is 6.89. The van der Waals surface area contributed by atoms with Gasteiger partial charge < -0.3 is 18.9 Å². The van der Waals surface area contributed by atoms with Crippen LogP contribution in [0.25, 0.3) is 0 Å². The fourth-order valence-electron chi connectivity index (χ4n) is 3.08. The van der Waals surface area contributed by atoms with Crippen molar-refractivity contribution in [3.8, 4) is 0 Å². The molecule has 0 aromatic heterocycles. The zero-order valence-electron chi connectivity index (χ0n) is 17.4. The number of allylic oxidation sites excluding steroid dienone is 3. The predicted molar refractivity (Wildman–Crippen MR) is 110 cm³/mol. The fraction of sp³-hybridized carbons (Fsp3) is 0.455. The number of carbonyl (C=O) groups excluding carboxylic acids is 1. The lowest BCUT2D eigenvalue weighted by Crippen LogP contribution is -2.34. The lowest BCUT2D eigenvalue weighted by Gasteiger charge is -2.21. The monoisotopic (exact) mass is 435 g/mol. The summed E-state index contributed by atoms with van der Waals surface area (Å²) in [5.74, 6) is -1.23. The molecule has 0 spiro atoms. The van der Waals surface area contributed by atoms with Crippen molar-refractivity contribution in [2.75, 3.05) is 46.8 Å². The summed E-state index contributed by atoms with van der Waals surface area (Å²) in [6, 6.07) is 6.98. The number of ether oxygens (including phenoxy) is 4. The summed E-state index contributed by atoms with van der Waals surface area (Å²) in [5, 5.41) is 3.19. The van der Waals surface area contributed by atoms with E-state index in [4.69, 9.17) is 23.8 Å². The smallest absolute Gasteiger partial charge is 0.338 e. The molecule has 9 heteroatoms. The third-order valence-electron chi connectivity index (χ3n) is 4.69. The minimum atomic E-state index is -0.558. The summed E-state index contributed by atoms with van der Waals surface area (Å²) >= 11 is 0. The van der Waals surface area contributed by atoms with E-state index in [2.05, 4.69) is 10.8 Å². The highest BCUT2D eigenvalue weighted by atomic mass is 19.1. The van der Waals surface area contributed by atoms with Crippen molar-refractivity contribution in [1.29, 1.82) is 0 Å². The summed E-state index contributed by atoms with van der Waals surface area (Å²) < 4.78 is 34.8. The van der Waals surface area contributed by atoms with Crippen LogP contribution >= 0.6 is 0 Å². The van der Waals surface area contributed by atoms with Crippen molar-refractivity contribution >= 4 is 5.97 Å². The molecule has 1 aromatic carbocycles. The third kappa shape index (κ3) is 7.20. The first-order valence-electron chi connectivity index (χ1n) is 10.1. The predicted octanol–water partition coefficient (Wildman–Crippen LogP) is 2.22. The second kappa shape index (κ2) is 12.7. The first-order valence-corrected chi connectivity index (χ1v) is 10.1. The summed E-state index contributed by atoms with van der Waals surface area (Å²) in [6.07, 6.45) is 5.63. The van der Waals surface area contributed by atoms with Gasteiger partial charge in [0.2, 0.25) is 0 Å². The molecule has 1 aliphatic heterocycles. The van der Waals surface area contributed by atoms with Crippen LogP contribution in [0.2, 0.25) is 0 Å². The van der Waals surface area contributed by atoms with Gasteiger partial charge >= 0.3 is 5.97 Å². The van der Waals surface area contributed by atoms with Crippen LogP contribution in [0.4, 0.5) is 4.39 Å². The number of rotatable bonds is 12. The Balaban J connectivity index is 1.40. The van der Waals surface area contributed by atoms with E-state index in [1.54, 1.807) is 43.9 Å². The molecule has 8 nitrogen and oxygen atoms in total. The maximum absolute atomic E-state index is 14.0. The number of halogens is 1.